The summed E-state index contributed by atoms with van der Waals surface area (Å²) in [7, 11) is 0. The van der Waals surface area contributed by atoms with Gasteiger partial charge in [-0.05, 0) is 31.2 Å². The largest absolute Gasteiger partial charge is 0.347 e. The second-order valence-electron chi connectivity index (χ2n) is 3.88. The third-order valence-corrected chi connectivity index (χ3v) is 2.70. The predicted molar refractivity (Wildman–Crippen MR) is 62.7 cm³/mol. The average molecular weight is 236 g/mol. The Morgan fingerprint density at radius 2 is 1.94 bits per heavy atom. The van der Waals surface area contributed by atoms with Gasteiger partial charge in [-0.1, -0.05) is 12.1 Å². The van der Waals surface area contributed by atoms with Crippen molar-refractivity contribution in [1.29, 1.82) is 0 Å². The van der Waals surface area contributed by atoms with Gasteiger partial charge in [0.15, 0.2) is 11.6 Å². The fourth-order valence-corrected chi connectivity index (χ4v) is 1.83. The highest BCUT2D eigenvalue weighted by Gasteiger charge is 2.09. The lowest BCUT2D eigenvalue weighted by atomic mass is 10.2. The number of hydrogen-bond acceptors (Lipinski definition) is 1. The molecule has 0 aliphatic carbocycles. The summed E-state index contributed by atoms with van der Waals surface area (Å²) in [6, 6.07) is 8.03. The molecule has 4 heteroatoms. The lowest BCUT2D eigenvalue weighted by Gasteiger charge is -2.09. The van der Waals surface area contributed by atoms with Gasteiger partial charge in [0.05, 0.1) is 6.54 Å². The van der Waals surface area contributed by atoms with E-state index in [0.29, 0.717) is 18.7 Å². The van der Waals surface area contributed by atoms with Gasteiger partial charge in [0.25, 0.3) is 0 Å². The van der Waals surface area contributed by atoms with Crippen LogP contribution < -0.4 is 5.73 Å². The second-order valence-corrected chi connectivity index (χ2v) is 3.88. The number of hydrogen-bond donors (Lipinski definition) is 1. The highest BCUT2D eigenvalue weighted by molar-refractivity contribution is 5.21. The Morgan fingerprint density at radius 3 is 2.71 bits per heavy atom. The van der Waals surface area contributed by atoms with Crippen molar-refractivity contribution < 1.29 is 8.78 Å². The maximum atomic E-state index is 13.5. The van der Waals surface area contributed by atoms with E-state index in [-0.39, 0.29) is 0 Å². The normalized spacial score (nSPS) is 10.8. The molecular formula is C13H14F2N2. The molecule has 0 aliphatic rings. The van der Waals surface area contributed by atoms with Crippen LogP contribution in [-0.4, -0.2) is 11.1 Å². The van der Waals surface area contributed by atoms with Gasteiger partial charge in [0.2, 0.25) is 0 Å². The van der Waals surface area contributed by atoms with Crippen LogP contribution in [0.4, 0.5) is 8.78 Å². The number of nitrogens with zero attached hydrogens (tertiary/aromatic N) is 1. The molecule has 0 amide bonds. The SMILES string of the molecule is NCCc1cccn1Cc1cccc(F)c1F. The molecule has 0 aliphatic heterocycles. The zero-order valence-electron chi connectivity index (χ0n) is 9.37. The van der Waals surface area contributed by atoms with Crippen molar-refractivity contribution in [2.75, 3.05) is 6.54 Å². The lowest BCUT2D eigenvalue weighted by Crippen LogP contribution is -2.10. The van der Waals surface area contributed by atoms with Gasteiger partial charge < -0.3 is 10.3 Å². The minimum atomic E-state index is -0.810. The molecule has 0 fully saturated rings. The Bertz CT molecular complexity index is 506. The number of rotatable bonds is 4. The van der Waals surface area contributed by atoms with Crippen LogP contribution in [0.3, 0.4) is 0 Å². The van der Waals surface area contributed by atoms with Crippen LogP contribution in [0.25, 0.3) is 0 Å². The van der Waals surface area contributed by atoms with E-state index in [4.69, 9.17) is 5.73 Å². The Balaban J connectivity index is 2.25. The summed E-state index contributed by atoms with van der Waals surface area (Å²) in [4.78, 5) is 0. The predicted octanol–water partition coefficient (Wildman–Crippen LogP) is 2.32. The zero-order chi connectivity index (χ0) is 12.3. The van der Waals surface area contributed by atoms with E-state index in [2.05, 4.69) is 0 Å². The van der Waals surface area contributed by atoms with Gasteiger partial charge in [-0.15, -0.1) is 0 Å². The van der Waals surface area contributed by atoms with Crippen molar-refractivity contribution in [1.82, 2.24) is 4.57 Å². The Morgan fingerprint density at radius 1 is 1.12 bits per heavy atom. The smallest absolute Gasteiger partial charge is 0.163 e. The van der Waals surface area contributed by atoms with Crippen LogP contribution in [0.2, 0.25) is 0 Å². The first kappa shape index (κ1) is 11.8. The van der Waals surface area contributed by atoms with Crippen LogP contribution in [-0.2, 0) is 13.0 Å². The summed E-state index contributed by atoms with van der Waals surface area (Å²) in [5.74, 6) is -1.59. The number of benzene rings is 1. The summed E-state index contributed by atoms with van der Waals surface area (Å²) in [6.07, 6.45) is 2.57. The zero-order valence-corrected chi connectivity index (χ0v) is 9.37. The second kappa shape index (κ2) is 5.10. The molecule has 0 radical (unpaired) electrons. The van der Waals surface area contributed by atoms with Crippen LogP contribution >= 0.6 is 0 Å². The van der Waals surface area contributed by atoms with Gasteiger partial charge in [0, 0.05) is 17.5 Å². The van der Waals surface area contributed by atoms with Crippen molar-refractivity contribution in [2.45, 2.75) is 13.0 Å². The minimum Gasteiger partial charge on any atom is -0.347 e. The summed E-state index contributed by atoms with van der Waals surface area (Å²) >= 11 is 0. The van der Waals surface area contributed by atoms with E-state index in [9.17, 15) is 8.78 Å². The van der Waals surface area contributed by atoms with E-state index in [1.54, 1.807) is 6.07 Å². The van der Waals surface area contributed by atoms with Gasteiger partial charge in [-0.2, -0.15) is 0 Å². The van der Waals surface area contributed by atoms with E-state index in [1.165, 1.54) is 6.07 Å². The quantitative estimate of drug-likeness (QED) is 0.867. The Hall–Kier alpha value is -1.68. The molecular weight excluding hydrogens is 222 g/mol. The molecule has 2 N–H and O–H groups in total. The Labute approximate surface area is 98.7 Å². The third-order valence-electron chi connectivity index (χ3n) is 2.70. The fourth-order valence-electron chi connectivity index (χ4n) is 1.83. The van der Waals surface area contributed by atoms with Crippen LogP contribution in [0.5, 0.6) is 0 Å². The molecule has 1 aromatic carbocycles. The average Bonchev–Trinajstić information content (AvgIpc) is 2.73. The first-order valence-electron chi connectivity index (χ1n) is 5.49. The van der Waals surface area contributed by atoms with E-state index in [1.807, 2.05) is 22.9 Å². The molecule has 0 saturated carbocycles. The minimum absolute atomic E-state index is 0.325. The topological polar surface area (TPSA) is 30.9 Å². The summed E-state index contributed by atoms with van der Waals surface area (Å²) in [5.41, 5.74) is 6.86. The lowest BCUT2D eigenvalue weighted by molar-refractivity contribution is 0.494. The first-order valence-corrected chi connectivity index (χ1v) is 5.49. The van der Waals surface area contributed by atoms with Crippen molar-refractivity contribution in [2.24, 2.45) is 5.73 Å². The molecule has 2 aromatic rings. The van der Waals surface area contributed by atoms with Gasteiger partial charge in [-0.25, -0.2) is 8.78 Å². The Kier molecular flexibility index (Phi) is 3.54. The summed E-state index contributed by atoms with van der Waals surface area (Å²) < 4.78 is 28.4. The first-order chi connectivity index (χ1) is 8.22. The molecule has 0 spiro atoms. The third kappa shape index (κ3) is 2.53. The van der Waals surface area contributed by atoms with E-state index < -0.39 is 11.6 Å². The fraction of sp³-hybridized carbons (Fsp3) is 0.231. The van der Waals surface area contributed by atoms with Crippen LogP contribution in [0, 0.1) is 11.6 Å². The molecule has 90 valence electrons. The number of halogens is 2. The maximum Gasteiger partial charge on any atom is 0.163 e. The molecule has 2 rings (SSSR count). The van der Waals surface area contributed by atoms with Gasteiger partial charge in [-0.3, -0.25) is 0 Å². The highest BCUT2D eigenvalue weighted by atomic mass is 19.2. The van der Waals surface area contributed by atoms with Crippen molar-refractivity contribution in [3.05, 3.63) is 59.4 Å². The molecule has 1 aromatic heterocycles. The monoisotopic (exact) mass is 236 g/mol. The molecule has 2 nitrogen and oxygen atoms in total. The number of aromatic nitrogens is 1. The highest BCUT2D eigenvalue weighted by Crippen LogP contribution is 2.14. The standard InChI is InChI=1S/C13H14F2N2/c14-12-5-1-3-10(13(12)15)9-17-8-2-4-11(17)6-7-16/h1-5,8H,6-7,9,16H2. The van der Waals surface area contributed by atoms with Crippen LogP contribution in [0.15, 0.2) is 36.5 Å². The molecule has 1 heterocycles. The van der Waals surface area contributed by atoms with Crippen molar-refractivity contribution in [3.63, 3.8) is 0 Å². The van der Waals surface area contributed by atoms with Crippen molar-refractivity contribution >= 4 is 0 Å². The number of nitrogens with two attached hydrogens (primary N) is 1. The summed E-state index contributed by atoms with van der Waals surface area (Å²) in [5, 5.41) is 0. The van der Waals surface area contributed by atoms with Crippen molar-refractivity contribution in [3.8, 4) is 0 Å². The van der Waals surface area contributed by atoms with Gasteiger partial charge >= 0.3 is 0 Å². The van der Waals surface area contributed by atoms with E-state index in [0.717, 1.165) is 18.2 Å². The van der Waals surface area contributed by atoms with Crippen LogP contribution in [0.1, 0.15) is 11.3 Å². The van der Waals surface area contributed by atoms with E-state index >= 15 is 0 Å². The molecule has 0 bridgehead atoms. The maximum absolute atomic E-state index is 13.5. The molecule has 0 saturated heterocycles. The molecule has 17 heavy (non-hydrogen) atoms. The summed E-state index contributed by atoms with van der Waals surface area (Å²) in [6.45, 7) is 0.863. The van der Waals surface area contributed by atoms with Gasteiger partial charge in [0.1, 0.15) is 0 Å². The molecule has 0 unspecified atom stereocenters. The molecule has 0 atom stereocenters.